The van der Waals surface area contributed by atoms with Gasteiger partial charge in [0.05, 0.1) is 5.69 Å². The van der Waals surface area contributed by atoms with E-state index in [9.17, 15) is 4.79 Å². The molecule has 0 aliphatic rings. The highest BCUT2D eigenvalue weighted by Gasteiger charge is 2.02. The summed E-state index contributed by atoms with van der Waals surface area (Å²) >= 11 is 1.15. The van der Waals surface area contributed by atoms with Gasteiger partial charge in [-0.15, -0.1) is 0 Å². The fourth-order valence-electron chi connectivity index (χ4n) is 1.33. The number of hydrogen-bond acceptors (Lipinski definition) is 4. The number of pyridine rings is 1. The van der Waals surface area contributed by atoms with Crippen LogP contribution in [0, 0.1) is 5.41 Å². The topological polar surface area (TPSA) is 84.2 Å². The van der Waals surface area contributed by atoms with E-state index in [-0.39, 0.29) is 10.7 Å². The van der Waals surface area contributed by atoms with Crippen molar-refractivity contribution in [3.63, 3.8) is 0 Å². The van der Waals surface area contributed by atoms with Crippen LogP contribution in [-0.4, -0.2) is 14.6 Å². The number of rotatable bonds is 2. The maximum absolute atomic E-state index is 11.7. The van der Waals surface area contributed by atoms with Crippen LogP contribution in [0.4, 0.5) is 0 Å². The number of nitrogens with two attached hydrogens (primary N) is 1. The summed E-state index contributed by atoms with van der Waals surface area (Å²) in [6.45, 7) is 0. The second-order valence-electron chi connectivity index (χ2n) is 3.17. The van der Waals surface area contributed by atoms with Crippen LogP contribution in [-0.2, 0) is 5.75 Å². The van der Waals surface area contributed by atoms with Gasteiger partial charge in [-0.2, -0.15) is 0 Å². The molecule has 0 bridgehead atoms. The number of hydrogen-bond donors (Lipinski definition) is 2. The van der Waals surface area contributed by atoms with E-state index in [4.69, 9.17) is 11.1 Å². The smallest absolute Gasteiger partial charge is 0.258 e. The molecule has 3 N–H and O–H groups in total. The van der Waals surface area contributed by atoms with Crippen molar-refractivity contribution >= 4 is 22.6 Å². The third-order valence-corrected chi connectivity index (χ3v) is 2.75. The third-order valence-electron chi connectivity index (χ3n) is 2.00. The molecule has 2 heterocycles. The van der Waals surface area contributed by atoms with Gasteiger partial charge in [-0.1, -0.05) is 17.8 Å². The molecule has 2 rings (SSSR count). The Morgan fingerprint density at radius 2 is 2.38 bits per heavy atom. The van der Waals surface area contributed by atoms with Crippen LogP contribution in [0.5, 0.6) is 0 Å². The molecule has 0 fully saturated rings. The summed E-state index contributed by atoms with van der Waals surface area (Å²) < 4.78 is 1.47. The molecule has 0 spiro atoms. The zero-order chi connectivity index (χ0) is 11.5. The molecule has 6 heteroatoms. The van der Waals surface area contributed by atoms with E-state index in [2.05, 4.69) is 4.98 Å². The highest BCUT2D eigenvalue weighted by molar-refractivity contribution is 8.13. The van der Waals surface area contributed by atoms with E-state index in [1.54, 1.807) is 18.3 Å². The van der Waals surface area contributed by atoms with Crippen LogP contribution in [0.15, 0.2) is 35.3 Å². The summed E-state index contributed by atoms with van der Waals surface area (Å²) in [5, 5.41) is 7.11. The van der Waals surface area contributed by atoms with Crippen molar-refractivity contribution in [2.45, 2.75) is 5.75 Å². The van der Waals surface area contributed by atoms with Crippen LogP contribution < -0.4 is 11.3 Å². The van der Waals surface area contributed by atoms with E-state index in [1.165, 1.54) is 10.5 Å². The largest absolute Gasteiger partial charge is 0.379 e. The molecule has 0 saturated heterocycles. The zero-order valence-electron chi connectivity index (χ0n) is 8.38. The number of aromatic nitrogens is 2. The first-order chi connectivity index (χ1) is 7.66. The molecule has 0 amide bonds. The fourth-order valence-corrected chi connectivity index (χ4v) is 1.78. The predicted molar refractivity (Wildman–Crippen MR) is 64.7 cm³/mol. The average Bonchev–Trinajstić information content (AvgIpc) is 2.26. The van der Waals surface area contributed by atoms with Crippen LogP contribution in [0.3, 0.4) is 0 Å². The molecular formula is C10H10N4OS. The van der Waals surface area contributed by atoms with Gasteiger partial charge >= 0.3 is 0 Å². The Kier molecular flexibility index (Phi) is 2.91. The van der Waals surface area contributed by atoms with Crippen LogP contribution in [0.1, 0.15) is 5.69 Å². The molecule has 5 nitrogen and oxygen atoms in total. The summed E-state index contributed by atoms with van der Waals surface area (Å²) in [6.07, 6.45) is 1.67. The van der Waals surface area contributed by atoms with Crippen molar-refractivity contribution in [2.24, 2.45) is 5.73 Å². The molecule has 0 aliphatic heterocycles. The quantitative estimate of drug-likeness (QED) is 0.595. The van der Waals surface area contributed by atoms with Crippen molar-refractivity contribution < 1.29 is 0 Å². The maximum Gasteiger partial charge on any atom is 0.258 e. The Morgan fingerprint density at radius 3 is 3.12 bits per heavy atom. The Morgan fingerprint density at radius 1 is 1.56 bits per heavy atom. The molecular weight excluding hydrogens is 224 g/mol. The van der Waals surface area contributed by atoms with Gasteiger partial charge in [-0.05, 0) is 12.1 Å². The van der Waals surface area contributed by atoms with Crippen molar-refractivity contribution in [3.8, 4) is 0 Å². The lowest BCUT2D eigenvalue weighted by molar-refractivity contribution is 1.01. The third kappa shape index (κ3) is 2.22. The standard InChI is InChI=1S/C10H10N4OS/c11-10(12)16-6-7-5-9(15)14-4-2-1-3-8(14)13-7/h1-5H,6H2,(H3,11,12). The van der Waals surface area contributed by atoms with Crippen molar-refractivity contribution in [1.82, 2.24) is 9.38 Å². The lowest BCUT2D eigenvalue weighted by atomic mass is 10.4. The molecule has 0 radical (unpaired) electrons. The normalized spacial score (nSPS) is 10.5. The molecule has 0 unspecified atom stereocenters. The summed E-state index contributed by atoms with van der Waals surface area (Å²) in [4.78, 5) is 16.0. The van der Waals surface area contributed by atoms with Gasteiger partial charge < -0.3 is 5.73 Å². The highest BCUT2D eigenvalue weighted by atomic mass is 32.2. The van der Waals surface area contributed by atoms with Crippen molar-refractivity contribution in [2.75, 3.05) is 0 Å². The summed E-state index contributed by atoms with van der Waals surface area (Å²) in [6, 6.07) is 6.83. The molecule has 0 saturated carbocycles. The second kappa shape index (κ2) is 4.36. The monoisotopic (exact) mass is 234 g/mol. The van der Waals surface area contributed by atoms with E-state index < -0.39 is 0 Å². The number of fused-ring (bicyclic) bond motifs is 1. The summed E-state index contributed by atoms with van der Waals surface area (Å²) in [7, 11) is 0. The lowest BCUT2D eigenvalue weighted by Crippen LogP contribution is -2.15. The van der Waals surface area contributed by atoms with Gasteiger partial charge in [-0.3, -0.25) is 14.6 Å². The average molecular weight is 234 g/mol. The molecule has 0 aliphatic carbocycles. The number of amidine groups is 1. The summed E-state index contributed by atoms with van der Waals surface area (Å²) in [5.41, 5.74) is 6.35. The van der Waals surface area contributed by atoms with Crippen LogP contribution in [0.25, 0.3) is 5.65 Å². The predicted octanol–water partition coefficient (Wildman–Crippen LogP) is 0.821. The maximum atomic E-state index is 11.7. The molecule has 2 aromatic rings. The molecule has 0 aromatic carbocycles. The van der Waals surface area contributed by atoms with E-state index >= 15 is 0 Å². The minimum absolute atomic E-state index is 0.0232. The van der Waals surface area contributed by atoms with Crippen LogP contribution >= 0.6 is 11.8 Å². The SMILES string of the molecule is N=C(N)SCc1cc(=O)n2ccccc2n1. The van der Waals surface area contributed by atoms with Gasteiger partial charge in [0.25, 0.3) is 5.56 Å². The second-order valence-corrected chi connectivity index (χ2v) is 4.18. The Balaban J connectivity index is 2.42. The Bertz CT molecular complexity index is 593. The molecule has 2 aromatic heterocycles. The van der Waals surface area contributed by atoms with Gasteiger partial charge in [0.1, 0.15) is 5.65 Å². The first kappa shape index (κ1) is 10.7. The number of nitrogens with one attached hydrogen (secondary N) is 1. The highest BCUT2D eigenvalue weighted by Crippen LogP contribution is 2.08. The van der Waals surface area contributed by atoms with Crippen molar-refractivity contribution in [1.29, 1.82) is 5.41 Å². The Hall–Kier alpha value is -1.82. The van der Waals surface area contributed by atoms with Gasteiger partial charge in [-0.25, -0.2) is 4.98 Å². The van der Waals surface area contributed by atoms with Gasteiger partial charge in [0, 0.05) is 18.0 Å². The van der Waals surface area contributed by atoms with E-state index in [0.29, 0.717) is 17.1 Å². The molecule has 0 atom stereocenters. The van der Waals surface area contributed by atoms with Gasteiger partial charge in [0.2, 0.25) is 0 Å². The van der Waals surface area contributed by atoms with Gasteiger partial charge in [0.15, 0.2) is 5.17 Å². The number of nitrogens with zero attached hydrogens (tertiary/aromatic N) is 2. The fraction of sp³-hybridized carbons (Fsp3) is 0.100. The lowest BCUT2D eigenvalue weighted by Gasteiger charge is -2.02. The van der Waals surface area contributed by atoms with E-state index in [0.717, 1.165) is 11.8 Å². The van der Waals surface area contributed by atoms with Crippen molar-refractivity contribution in [3.05, 3.63) is 46.5 Å². The minimum atomic E-state index is -0.121. The van der Waals surface area contributed by atoms with E-state index in [1.807, 2.05) is 6.07 Å². The number of thioether (sulfide) groups is 1. The minimum Gasteiger partial charge on any atom is -0.379 e. The zero-order valence-corrected chi connectivity index (χ0v) is 9.20. The molecule has 16 heavy (non-hydrogen) atoms. The molecule has 82 valence electrons. The summed E-state index contributed by atoms with van der Waals surface area (Å²) in [5.74, 6) is 0.440. The first-order valence-corrected chi connectivity index (χ1v) is 5.59. The van der Waals surface area contributed by atoms with Crippen LogP contribution in [0.2, 0.25) is 0 Å². The Labute approximate surface area is 95.8 Å². The first-order valence-electron chi connectivity index (χ1n) is 4.61.